The number of halogens is 1. The summed E-state index contributed by atoms with van der Waals surface area (Å²) in [6, 6.07) is 6.41. The molecule has 3 nitrogen and oxygen atoms in total. The van der Waals surface area contributed by atoms with Crippen LogP contribution in [0.1, 0.15) is 12.8 Å². The van der Waals surface area contributed by atoms with Gasteiger partial charge in [0.2, 0.25) is 0 Å². The van der Waals surface area contributed by atoms with Gasteiger partial charge in [-0.15, -0.1) is 0 Å². The van der Waals surface area contributed by atoms with Crippen LogP contribution in [0.5, 0.6) is 0 Å². The minimum atomic E-state index is -3.26. The molecule has 82 valence electrons. The molecule has 1 aliphatic rings. The van der Waals surface area contributed by atoms with Gasteiger partial charge in [-0.25, -0.2) is 8.42 Å². The fourth-order valence-electron chi connectivity index (χ4n) is 1.73. The van der Waals surface area contributed by atoms with Gasteiger partial charge in [-0.2, -0.15) is 0 Å². The van der Waals surface area contributed by atoms with Crippen LogP contribution in [0.4, 0.5) is 0 Å². The number of sulfone groups is 1. The van der Waals surface area contributed by atoms with Gasteiger partial charge in [0, 0.05) is 5.02 Å². The third kappa shape index (κ3) is 2.17. The SMILES string of the molecule is O=S(=O)(c1cccc(Cl)c1)C1CCCN1. The Kier molecular flexibility index (Phi) is 3.00. The Labute approximate surface area is 94.4 Å². The smallest absolute Gasteiger partial charge is 0.194 e. The van der Waals surface area contributed by atoms with Crippen molar-refractivity contribution in [3.8, 4) is 0 Å². The van der Waals surface area contributed by atoms with Crippen LogP contribution in [-0.2, 0) is 9.84 Å². The Morgan fingerprint density at radius 3 is 2.80 bits per heavy atom. The highest BCUT2D eigenvalue weighted by atomic mass is 35.5. The molecule has 0 saturated carbocycles. The zero-order valence-electron chi connectivity index (χ0n) is 8.11. The minimum absolute atomic E-state index is 0.300. The van der Waals surface area contributed by atoms with E-state index in [0.717, 1.165) is 13.0 Å². The standard InChI is InChI=1S/C10H12ClNO2S/c11-8-3-1-4-9(7-8)15(13,14)10-5-2-6-12-10/h1,3-4,7,10,12H,2,5-6H2. The summed E-state index contributed by atoms with van der Waals surface area (Å²) in [5.41, 5.74) is 0. The van der Waals surface area contributed by atoms with E-state index in [1.165, 1.54) is 6.07 Å². The van der Waals surface area contributed by atoms with Crippen LogP contribution in [0.3, 0.4) is 0 Å². The maximum absolute atomic E-state index is 12.1. The zero-order valence-corrected chi connectivity index (χ0v) is 9.68. The van der Waals surface area contributed by atoms with E-state index >= 15 is 0 Å². The molecule has 0 bridgehead atoms. The van der Waals surface area contributed by atoms with E-state index in [1.54, 1.807) is 18.2 Å². The van der Waals surface area contributed by atoms with Crippen molar-refractivity contribution in [2.24, 2.45) is 0 Å². The van der Waals surface area contributed by atoms with E-state index in [0.29, 0.717) is 16.3 Å². The monoisotopic (exact) mass is 245 g/mol. The molecule has 0 aromatic heterocycles. The summed E-state index contributed by atoms with van der Waals surface area (Å²) in [5, 5.41) is 2.99. The minimum Gasteiger partial charge on any atom is -0.301 e. The summed E-state index contributed by atoms with van der Waals surface area (Å²) in [6.45, 7) is 0.768. The van der Waals surface area contributed by atoms with Gasteiger partial charge in [0.25, 0.3) is 0 Å². The Morgan fingerprint density at radius 2 is 2.20 bits per heavy atom. The van der Waals surface area contributed by atoms with Crippen molar-refractivity contribution in [2.45, 2.75) is 23.1 Å². The second kappa shape index (κ2) is 4.12. The van der Waals surface area contributed by atoms with Gasteiger partial charge in [0.05, 0.1) is 4.90 Å². The molecular formula is C10H12ClNO2S. The highest BCUT2D eigenvalue weighted by Gasteiger charge is 2.29. The molecule has 15 heavy (non-hydrogen) atoms. The van der Waals surface area contributed by atoms with Crippen molar-refractivity contribution in [1.82, 2.24) is 5.32 Å². The van der Waals surface area contributed by atoms with Crippen LogP contribution in [0, 0.1) is 0 Å². The van der Waals surface area contributed by atoms with Crippen LogP contribution >= 0.6 is 11.6 Å². The van der Waals surface area contributed by atoms with Crippen LogP contribution in [0.15, 0.2) is 29.2 Å². The van der Waals surface area contributed by atoms with Crippen molar-refractivity contribution < 1.29 is 8.42 Å². The Balaban J connectivity index is 2.36. The van der Waals surface area contributed by atoms with E-state index in [1.807, 2.05) is 0 Å². The highest BCUT2D eigenvalue weighted by molar-refractivity contribution is 7.92. The first-order valence-corrected chi connectivity index (χ1v) is 6.76. The molecule has 1 aromatic carbocycles. The van der Waals surface area contributed by atoms with Gasteiger partial charge in [-0.1, -0.05) is 17.7 Å². The summed E-state index contributed by atoms with van der Waals surface area (Å²) >= 11 is 5.77. The van der Waals surface area contributed by atoms with E-state index in [-0.39, 0.29) is 0 Å². The lowest BCUT2D eigenvalue weighted by Gasteiger charge is -2.11. The number of rotatable bonds is 2. The maximum Gasteiger partial charge on any atom is 0.194 e. The van der Waals surface area contributed by atoms with E-state index in [9.17, 15) is 8.42 Å². The molecule has 1 atom stereocenters. The molecular weight excluding hydrogens is 234 g/mol. The molecule has 5 heteroatoms. The van der Waals surface area contributed by atoms with Crippen molar-refractivity contribution in [1.29, 1.82) is 0 Å². The maximum atomic E-state index is 12.1. The third-order valence-electron chi connectivity index (χ3n) is 2.51. The summed E-state index contributed by atoms with van der Waals surface area (Å²) in [6.07, 6.45) is 1.58. The zero-order chi connectivity index (χ0) is 10.9. The Bertz CT molecular complexity index is 452. The third-order valence-corrected chi connectivity index (χ3v) is 4.81. The molecule has 0 amide bonds. The van der Waals surface area contributed by atoms with Gasteiger partial charge >= 0.3 is 0 Å². The summed E-state index contributed by atoms with van der Waals surface area (Å²) in [7, 11) is -3.26. The van der Waals surface area contributed by atoms with Crippen LogP contribution in [-0.4, -0.2) is 20.3 Å². The molecule has 1 aromatic rings. The first-order chi connectivity index (χ1) is 7.10. The molecule has 1 unspecified atom stereocenters. The number of hydrogen-bond acceptors (Lipinski definition) is 3. The molecule has 0 aliphatic carbocycles. The quantitative estimate of drug-likeness (QED) is 0.865. The average Bonchev–Trinajstić information content (AvgIpc) is 2.71. The number of nitrogens with one attached hydrogen (secondary N) is 1. The number of benzene rings is 1. The second-order valence-corrected chi connectivity index (χ2v) is 6.15. The van der Waals surface area contributed by atoms with Crippen molar-refractivity contribution in [2.75, 3.05) is 6.54 Å². The van der Waals surface area contributed by atoms with Gasteiger partial charge < -0.3 is 5.32 Å². The summed E-state index contributed by atoms with van der Waals surface area (Å²) in [5.74, 6) is 0. The van der Waals surface area contributed by atoms with Gasteiger partial charge in [-0.05, 0) is 37.6 Å². The van der Waals surface area contributed by atoms with Crippen molar-refractivity contribution >= 4 is 21.4 Å². The molecule has 1 N–H and O–H groups in total. The predicted molar refractivity (Wildman–Crippen MR) is 59.7 cm³/mol. The molecule has 1 saturated heterocycles. The molecule has 1 fully saturated rings. The van der Waals surface area contributed by atoms with E-state index in [2.05, 4.69) is 5.32 Å². The molecule has 1 aliphatic heterocycles. The largest absolute Gasteiger partial charge is 0.301 e. The fraction of sp³-hybridized carbons (Fsp3) is 0.400. The molecule has 0 spiro atoms. The van der Waals surface area contributed by atoms with E-state index < -0.39 is 15.2 Å². The van der Waals surface area contributed by atoms with Crippen molar-refractivity contribution in [3.05, 3.63) is 29.3 Å². The van der Waals surface area contributed by atoms with Crippen LogP contribution in [0.2, 0.25) is 5.02 Å². The fourth-order valence-corrected chi connectivity index (χ4v) is 3.68. The second-order valence-electron chi connectivity index (χ2n) is 3.59. The molecule has 0 radical (unpaired) electrons. The lowest BCUT2D eigenvalue weighted by Crippen LogP contribution is -2.30. The topological polar surface area (TPSA) is 46.2 Å². The first kappa shape index (κ1) is 10.9. The summed E-state index contributed by atoms with van der Waals surface area (Å²) in [4.78, 5) is 0.300. The van der Waals surface area contributed by atoms with Gasteiger partial charge in [-0.3, -0.25) is 0 Å². The summed E-state index contributed by atoms with van der Waals surface area (Å²) < 4.78 is 24.1. The highest BCUT2D eigenvalue weighted by Crippen LogP contribution is 2.23. The normalized spacial score (nSPS) is 21.8. The molecule has 1 heterocycles. The van der Waals surface area contributed by atoms with Crippen LogP contribution < -0.4 is 5.32 Å². The van der Waals surface area contributed by atoms with E-state index in [4.69, 9.17) is 11.6 Å². The van der Waals surface area contributed by atoms with Gasteiger partial charge in [0.1, 0.15) is 5.37 Å². The van der Waals surface area contributed by atoms with Gasteiger partial charge in [0.15, 0.2) is 9.84 Å². The lowest BCUT2D eigenvalue weighted by atomic mass is 10.4. The Morgan fingerprint density at radius 1 is 1.40 bits per heavy atom. The van der Waals surface area contributed by atoms with Crippen molar-refractivity contribution in [3.63, 3.8) is 0 Å². The Hall–Kier alpha value is -0.580. The average molecular weight is 246 g/mol. The first-order valence-electron chi connectivity index (χ1n) is 4.83. The van der Waals surface area contributed by atoms with Crippen LogP contribution in [0.25, 0.3) is 0 Å². The predicted octanol–water partition coefficient (Wildman–Crippen LogP) is 1.82. The number of hydrogen-bond donors (Lipinski definition) is 1. The molecule has 2 rings (SSSR count). The lowest BCUT2D eigenvalue weighted by molar-refractivity contribution is 0.571.